The van der Waals surface area contributed by atoms with Crippen LogP contribution >= 0.6 is 28.1 Å². The molecule has 3 N–H and O–H groups in total. The molecule has 88 valence electrons. The Morgan fingerprint density at radius 1 is 1.62 bits per heavy atom. The molecule has 6 heteroatoms. The van der Waals surface area contributed by atoms with Crippen LogP contribution in [0.4, 0.5) is 5.69 Å². The van der Waals surface area contributed by atoms with Gasteiger partial charge in [0.15, 0.2) is 0 Å². The maximum absolute atomic E-state index is 10.9. The Morgan fingerprint density at radius 3 is 2.81 bits per heavy atom. The Morgan fingerprint density at radius 2 is 2.31 bits per heavy atom. The van der Waals surface area contributed by atoms with Gasteiger partial charge >= 0.3 is 0 Å². The Kier molecular flexibility index (Phi) is 5.37. The third-order valence-corrected chi connectivity index (χ3v) is 3.63. The zero-order chi connectivity index (χ0) is 12.1. The predicted octanol–water partition coefficient (Wildman–Crippen LogP) is 1.87. The number of nitrogens with two attached hydrogens (primary N) is 1. The van der Waals surface area contributed by atoms with Crippen molar-refractivity contribution in [2.24, 2.45) is 5.73 Å². The quantitative estimate of drug-likeness (QED) is 0.813. The lowest BCUT2D eigenvalue weighted by molar-refractivity contribution is 0.687. The molecule has 0 aromatic heterocycles. The molecule has 1 atom stereocenters. The Bertz CT molecular complexity index is 423. The molecule has 0 amide bonds. The van der Waals surface area contributed by atoms with Crippen LogP contribution in [0.25, 0.3) is 0 Å². The Labute approximate surface area is 111 Å². The van der Waals surface area contributed by atoms with Crippen molar-refractivity contribution >= 4 is 49.6 Å². The molecule has 0 saturated heterocycles. The van der Waals surface area contributed by atoms with Gasteiger partial charge in [-0.2, -0.15) is 0 Å². The van der Waals surface area contributed by atoms with Crippen molar-refractivity contribution in [3.63, 3.8) is 0 Å². The maximum atomic E-state index is 10.9. The average molecular weight is 321 g/mol. The summed E-state index contributed by atoms with van der Waals surface area (Å²) in [5.41, 5.74) is 7.30. The summed E-state index contributed by atoms with van der Waals surface area (Å²) in [4.78, 5) is 0.377. The largest absolute Gasteiger partial charge is 0.389 e. The van der Waals surface area contributed by atoms with Crippen LogP contribution in [0.3, 0.4) is 0 Å². The Hall–Kier alpha value is -0.460. The van der Waals surface area contributed by atoms with Gasteiger partial charge in [-0.05, 0) is 34.1 Å². The lowest BCUT2D eigenvalue weighted by Gasteiger charge is -2.09. The number of anilines is 1. The van der Waals surface area contributed by atoms with Crippen molar-refractivity contribution < 1.29 is 4.21 Å². The summed E-state index contributed by atoms with van der Waals surface area (Å²) in [5.74, 6) is 0.628. The van der Waals surface area contributed by atoms with Crippen molar-refractivity contribution in [3.05, 3.63) is 28.2 Å². The molecule has 0 aliphatic carbocycles. The third kappa shape index (κ3) is 4.19. The number of benzene rings is 1. The fourth-order valence-electron chi connectivity index (χ4n) is 1.14. The first kappa shape index (κ1) is 13.6. The monoisotopic (exact) mass is 320 g/mol. The molecule has 0 spiro atoms. The molecule has 16 heavy (non-hydrogen) atoms. The van der Waals surface area contributed by atoms with Gasteiger partial charge < -0.3 is 11.1 Å². The predicted molar refractivity (Wildman–Crippen MR) is 77.5 cm³/mol. The summed E-state index contributed by atoms with van der Waals surface area (Å²) in [6.45, 7) is 0.675. The van der Waals surface area contributed by atoms with Crippen LogP contribution in [0.5, 0.6) is 0 Å². The summed E-state index contributed by atoms with van der Waals surface area (Å²) < 4.78 is 11.8. The molecule has 0 saturated carbocycles. The molecule has 3 nitrogen and oxygen atoms in total. The van der Waals surface area contributed by atoms with Crippen molar-refractivity contribution in [3.8, 4) is 0 Å². The minimum Gasteiger partial charge on any atom is -0.389 e. The topological polar surface area (TPSA) is 55.1 Å². The van der Waals surface area contributed by atoms with Crippen LogP contribution in [0.1, 0.15) is 5.56 Å². The first-order valence-electron chi connectivity index (χ1n) is 4.64. The fraction of sp³-hybridized carbons (Fsp3) is 0.300. The van der Waals surface area contributed by atoms with E-state index in [-0.39, 0.29) is 0 Å². The zero-order valence-corrected chi connectivity index (χ0v) is 12.0. The molecule has 0 heterocycles. The SMILES string of the molecule is CS(=O)CCNc1ccc(C(N)=S)cc1Br. The fourth-order valence-corrected chi connectivity index (χ4v) is 2.18. The second-order valence-electron chi connectivity index (χ2n) is 3.26. The highest BCUT2D eigenvalue weighted by Crippen LogP contribution is 2.23. The van der Waals surface area contributed by atoms with Gasteiger partial charge in [-0.1, -0.05) is 12.2 Å². The molecule has 1 aromatic rings. The van der Waals surface area contributed by atoms with Crippen LogP contribution in [0.2, 0.25) is 0 Å². The van der Waals surface area contributed by atoms with Crippen molar-refractivity contribution in [1.82, 2.24) is 0 Å². The van der Waals surface area contributed by atoms with E-state index >= 15 is 0 Å². The summed E-state index contributed by atoms with van der Waals surface area (Å²) in [5, 5.41) is 3.19. The van der Waals surface area contributed by atoms with E-state index in [4.69, 9.17) is 18.0 Å². The summed E-state index contributed by atoms with van der Waals surface area (Å²) in [6, 6.07) is 5.63. The molecule has 0 aliphatic rings. The number of halogens is 1. The summed E-state index contributed by atoms with van der Waals surface area (Å²) in [6.07, 6.45) is 1.69. The van der Waals surface area contributed by atoms with Crippen LogP contribution in [-0.4, -0.2) is 27.8 Å². The number of nitrogens with one attached hydrogen (secondary N) is 1. The molecular weight excluding hydrogens is 308 g/mol. The van der Waals surface area contributed by atoms with Gasteiger partial charge in [-0.3, -0.25) is 4.21 Å². The summed E-state index contributed by atoms with van der Waals surface area (Å²) >= 11 is 8.31. The van der Waals surface area contributed by atoms with Crippen molar-refractivity contribution in [1.29, 1.82) is 0 Å². The van der Waals surface area contributed by atoms with Crippen molar-refractivity contribution in [2.45, 2.75) is 0 Å². The van der Waals surface area contributed by atoms with Gasteiger partial charge in [0, 0.05) is 45.1 Å². The van der Waals surface area contributed by atoms with Gasteiger partial charge in [0.2, 0.25) is 0 Å². The van der Waals surface area contributed by atoms with E-state index in [9.17, 15) is 4.21 Å². The molecule has 0 aliphatic heterocycles. The number of hydrogen-bond donors (Lipinski definition) is 2. The second kappa shape index (κ2) is 6.32. The molecule has 1 unspecified atom stereocenters. The van der Waals surface area contributed by atoms with E-state index in [0.29, 0.717) is 17.3 Å². The van der Waals surface area contributed by atoms with Gasteiger partial charge in [0.25, 0.3) is 0 Å². The van der Waals surface area contributed by atoms with Crippen LogP contribution in [0.15, 0.2) is 22.7 Å². The smallest absolute Gasteiger partial charge is 0.104 e. The highest BCUT2D eigenvalue weighted by molar-refractivity contribution is 9.10. The van der Waals surface area contributed by atoms with Crippen LogP contribution in [-0.2, 0) is 10.8 Å². The Balaban J connectivity index is 2.68. The maximum Gasteiger partial charge on any atom is 0.104 e. The highest BCUT2D eigenvalue weighted by atomic mass is 79.9. The van der Waals surface area contributed by atoms with Gasteiger partial charge in [0.05, 0.1) is 0 Å². The van der Waals surface area contributed by atoms with Gasteiger partial charge in [-0.25, -0.2) is 0 Å². The number of hydrogen-bond acceptors (Lipinski definition) is 3. The number of thiocarbonyl (C=S) groups is 1. The van der Waals surface area contributed by atoms with E-state index in [2.05, 4.69) is 21.2 Å². The second-order valence-corrected chi connectivity index (χ2v) is 6.11. The minimum absolute atomic E-state index is 0.377. The minimum atomic E-state index is -0.776. The molecule has 1 aromatic carbocycles. The zero-order valence-electron chi connectivity index (χ0n) is 8.83. The third-order valence-electron chi connectivity index (χ3n) is 1.96. The first-order valence-corrected chi connectivity index (χ1v) is 7.57. The summed E-state index contributed by atoms with van der Waals surface area (Å²) in [7, 11) is -0.776. The lowest BCUT2D eigenvalue weighted by atomic mass is 10.2. The molecule has 0 bridgehead atoms. The highest BCUT2D eigenvalue weighted by Gasteiger charge is 2.02. The average Bonchev–Trinajstić information content (AvgIpc) is 2.19. The molecule has 0 radical (unpaired) electrons. The van der Waals surface area contributed by atoms with E-state index in [1.165, 1.54) is 0 Å². The normalized spacial score (nSPS) is 12.1. The van der Waals surface area contributed by atoms with E-state index in [0.717, 1.165) is 15.7 Å². The lowest BCUT2D eigenvalue weighted by Crippen LogP contribution is -2.12. The van der Waals surface area contributed by atoms with Crippen LogP contribution < -0.4 is 11.1 Å². The molecule has 1 rings (SSSR count). The molecular formula is C10H13BrN2OS2. The standard InChI is InChI=1S/C10H13BrN2OS2/c1-16(14)5-4-13-9-3-2-7(10(12)15)6-8(9)11/h2-3,6,13H,4-5H2,1H3,(H2,12,15). The van der Waals surface area contributed by atoms with Crippen molar-refractivity contribution in [2.75, 3.05) is 23.9 Å². The van der Waals surface area contributed by atoms with Crippen LogP contribution in [0, 0.1) is 0 Å². The van der Waals surface area contributed by atoms with E-state index in [1.54, 1.807) is 6.26 Å². The first-order chi connectivity index (χ1) is 7.50. The number of rotatable bonds is 5. The van der Waals surface area contributed by atoms with E-state index in [1.807, 2.05) is 18.2 Å². The molecule has 0 fully saturated rings. The van der Waals surface area contributed by atoms with E-state index < -0.39 is 10.8 Å². The van der Waals surface area contributed by atoms with Gasteiger partial charge in [-0.15, -0.1) is 0 Å². The van der Waals surface area contributed by atoms with Gasteiger partial charge in [0.1, 0.15) is 4.99 Å².